The number of carbonyl (C=O) groups is 1. The zero-order valence-electron chi connectivity index (χ0n) is 13.0. The van der Waals surface area contributed by atoms with E-state index in [2.05, 4.69) is 22.9 Å². The van der Waals surface area contributed by atoms with Crippen LogP contribution >= 0.6 is 0 Å². The topological polar surface area (TPSA) is 44.8 Å². The van der Waals surface area contributed by atoms with Crippen LogP contribution in [0.15, 0.2) is 30.7 Å². The van der Waals surface area contributed by atoms with E-state index in [1.165, 1.54) is 0 Å². The molecule has 2 rings (SSSR count). The Bertz CT molecular complexity index is 534. The number of nitrogens with one attached hydrogen (secondary N) is 1. The highest BCUT2D eigenvalue weighted by Gasteiger charge is 2.19. The van der Waals surface area contributed by atoms with Gasteiger partial charge in [-0.15, -0.1) is 0 Å². The smallest absolute Gasteiger partial charge is 0.219 e. The lowest BCUT2D eigenvalue weighted by atomic mass is 10.1. The summed E-state index contributed by atoms with van der Waals surface area (Å²) in [5.74, 6) is 1.48. The van der Waals surface area contributed by atoms with Crippen LogP contribution in [0.5, 0.6) is 5.75 Å². The molecule has 1 amide bonds. The SMILES string of the molecule is C=C(NC)Oc1cc(N2CCN(C(C)=O)CC2)ccc1C. The molecule has 0 bridgehead atoms. The lowest BCUT2D eigenvalue weighted by Crippen LogP contribution is -2.48. The third-order valence-electron chi connectivity index (χ3n) is 3.77. The minimum Gasteiger partial charge on any atom is -0.442 e. The first-order chi connectivity index (χ1) is 10.0. The summed E-state index contributed by atoms with van der Waals surface area (Å²) in [5.41, 5.74) is 2.18. The zero-order valence-corrected chi connectivity index (χ0v) is 13.0. The Morgan fingerprint density at radius 1 is 1.29 bits per heavy atom. The molecule has 0 unspecified atom stereocenters. The number of carbonyl (C=O) groups excluding carboxylic acids is 1. The first-order valence-electron chi connectivity index (χ1n) is 7.17. The summed E-state index contributed by atoms with van der Waals surface area (Å²) in [4.78, 5) is 15.5. The van der Waals surface area contributed by atoms with E-state index in [0.717, 1.165) is 43.2 Å². The molecule has 0 aliphatic carbocycles. The summed E-state index contributed by atoms with van der Waals surface area (Å²) < 4.78 is 5.69. The third-order valence-corrected chi connectivity index (χ3v) is 3.77. The van der Waals surface area contributed by atoms with Gasteiger partial charge in [-0.1, -0.05) is 6.07 Å². The van der Waals surface area contributed by atoms with Gasteiger partial charge in [-0.3, -0.25) is 4.79 Å². The highest BCUT2D eigenvalue weighted by Crippen LogP contribution is 2.27. The Morgan fingerprint density at radius 2 is 1.95 bits per heavy atom. The van der Waals surface area contributed by atoms with Crippen molar-refractivity contribution >= 4 is 11.6 Å². The molecule has 1 aromatic carbocycles. The van der Waals surface area contributed by atoms with Crippen LogP contribution in [0, 0.1) is 6.92 Å². The number of nitrogens with zero attached hydrogens (tertiary/aromatic N) is 2. The molecule has 1 aromatic rings. The number of piperazine rings is 1. The lowest BCUT2D eigenvalue weighted by molar-refractivity contribution is -0.129. The maximum Gasteiger partial charge on any atom is 0.219 e. The Hall–Kier alpha value is -2.17. The van der Waals surface area contributed by atoms with Crippen LogP contribution in [0.2, 0.25) is 0 Å². The van der Waals surface area contributed by atoms with Crippen LogP contribution in [0.25, 0.3) is 0 Å². The molecule has 1 aliphatic heterocycles. The zero-order chi connectivity index (χ0) is 15.4. The number of ether oxygens (including phenoxy) is 1. The van der Waals surface area contributed by atoms with Gasteiger partial charge < -0.3 is 19.9 Å². The normalized spacial score (nSPS) is 14.8. The van der Waals surface area contributed by atoms with E-state index in [-0.39, 0.29) is 5.91 Å². The highest BCUT2D eigenvalue weighted by molar-refractivity contribution is 5.73. The molecule has 0 spiro atoms. The Labute approximate surface area is 126 Å². The fraction of sp³-hybridized carbons (Fsp3) is 0.438. The summed E-state index contributed by atoms with van der Waals surface area (Å²) in [7, 11) is 1.78. The molecule has 0 saturated carbocycles. The molecule has 0 radical (unpaired) electrons. The Balaban J connectivity index is 2.09. The van der Waals surface area contributed by atoms with Crippen LogP contribution in [0.1, 0.15) is 12.5 Å². The number of hydrogen-bond donors (Lipinski definition) is 1. The number of aryl methyl sites for hydroxylation is 1. The predicted octanol–water partition coefficient (Wildman–Crippen LogP) is 1.73. The van der Waals surface area contributed by atoms with Crippen LogP contribution in [0.4, 0.5) is 5.69 Å². The van der Waals surface area contributed by atoms with Gasteiger partial charge in [0.05, 0.1) is 0 Å². The molecule has 1 N–H and O–H groups in total. The van der Waals surface area contributed by atoms with Crippen molar-refractivity contribution in [3.05, 3.63) is 36.2 Å². The number of rotatable bonds is 4. The fourth-order valence-corrected chi connectivity index (χ4v) is 2.36. The van der Waals surface area contributed by atoms with E-state index >= 15 is 0 Å². The van der Waals surface area contributed by atoms with E-state index in [1.54, 1.807) is 14.0 Å². The van der Waals surface area contributed by atoms with Gasteiger partial charge in [0.1, 0.15) is 5.75 Å². The predicted molar refractivity (Wildman–Crippen MR) is 84.5 cm³/mol. The second kappa shape index (κ2) is 6.52. The van der Waals surface area contributed by atoms with Gasteiger partial charge >= 0.3 is 0 Å². The highest BCUT2D eigenvalue weighted by atomic mass is 16.5. The monoisotopic (exact) mass is 289 g/mol. The van der Waals surface area contributed by atoms with Crippen molar-refractivity contribution in [3.63, 3.8) is 0 Å². The van der Waals surface area contributed by atoms with E-state index in [1.807, 2.05) is 24.0 Å². The van der Waals surface area contributed by atoms with Crippen LogP contribution in [-0.4, -0.2) is 44.0 Å². The molecule has 1 fully saturated rings. The average molecular weight is 289 g/mol. The molecule has 0 atom stereocenters. The second-order valence-electron chi connectivity index (χ2n) is 5.22. The maximum atomic E-state index is 11.4. The van der Waals surface area contributed by atoms with Gasteiger partial charge in [-0.2, -0.15) is 0 Å². The molecule has 5 heteroatoms. The van der Waals surface area contributed by atoms with Crippen molar-refractivity contribution in [1.29, 1.82) is 0 Å². The molecule has 1 saturated heterocycles. The summed E-state index contributed by atoms with van der Waals surface area (Å²) >= 11 is 0. The van der Waals surface area contributed by atoms with Crippen molar-refractivity contribution in [3.8, 4) is 5.75 Å². The van der Waals surface area contributed by atoms with Crippen molar-refractivity contribution in [2.75, 3.05) is 38.1 Å². The summed E-state index contributed by atoms with van der Waals surface area (Å²) in [6.45, 7) is 10.6. The van der Waals surface area contributed by atoms with Gasteiger partial charge in [0.2, 0.25) is 5.91 Å². The van der Waals surface area contributed by atoms with E-state index in [4.69, 9.17) is 4.74 Å². The van der Waals surface area contributed by atoms with Crippen LogP contribution < -0.4 is 15.0 Å². The summed E-state index contributed by atoms with van der Waals surface area (Å²) in [6, 6.07) is 6.17. The summed E-state index contributed by atoms with van der Waals surface area (Å²) in [5, 5.41) is 2.88. The molecular formula is C16H23N3O2. The molecule has 0 aromatic heterocycles. The third kappa shape index (κ3) is 3.68. The van der Waals surface area contributed by atoms with Crippen LogP contribution in [0.3, 0.4) is 0 Å². The van der Waals surface area contributed by atoms with Crippen molar-refractivity contribution < 1.29 is 9.53 Å². The largest absolute Gasteiger partial charge is 0.442 e. The first kappa shape index (κ1) is 15.2. The van der Waals surface area contributed by atoms with Crippen molar-refractivity contribution in [2.24, 2.45) is 0 Å². The summed E-state index contributed by atoms with van der Waals surface area (Å²) in [6.07, 6.45) is 0. The Kier molecular flexibility index (Phi) is 4.73. The minimum absolute atomic E-state index is 0.146. The van der Waals surface area contributed by atoms with Gasteiger partial charge in [-0.25, -0.2) is 0 Å². The van der Waals surface area contributed by atoms with Gasteiger partial charge in [0, 0.05) is 51.9 Å². The van der Waals surface area contributed by atoms with Crippen LogP contribution in [-0.2, 0) is 4.79 Å². The van der Waals surface area contributed by atoms with Crippen molar-refractivity contribution in [1.82, 2.24) is 10.2 Å². The molecule has 1 heterocycles. The Morgan fingerprint density at radius 3 is 2.52 bits per heavy atom. The molecule has 5 nitrogen and oxygen atoms in total. The van der Waals surface area contributed by atoms with Gasteiger partial charge in [-0.05, 0) is 25.1 Å². The number of amides is 1. The van der Waals surface area contributed by atoms with E-state index in [9.17, 15) is 4.79 Å². The minimum atomic E-state index is 0.146. The quantitative estimate of drug-likeness (QED) is 0.858. The number of benzene rings is 1. The molecule has 114 valence electrons. The maximum absolute atomic E-state index is 11.4. The molecular weight excluding hydrogens is 266 g/mol. The molecule has 21 heavy (non-hydrogen) atoms. The lowest BCUT2D eigenvalue weighted by Gasteiger charge is -2.35. The first-order valence-corrected chi connectivity index (χ1v) is 7.17. The number of hydrogen-bond acceptors (Lipinski definition) is 4. The van der Waals surface area contributed by atoms with Gasteiger partial charge in [0.25, 0.3) is 0 Å². The van der Waals surface area contributed by atoms with E-state index in [0.29, 0.717) is 5.88 Å². The second-order valence-corrected chi connectivity index (χ2v) is 5.22. The van der Waals surface area contributed by atoms with E-state index < -0.39 is 0 Å². The fourth-order valence-electron chi connectivity index (χ4n) is 2.36. The standard InChI is InChI=1S/C16H23N3O2/c1-12-5-6-15(11-16(12)21-13(2)17-4)19-9-7-18(8-10-19)14(3)20/h5-6,11,17H,2,7-10H2,1,3-4H3. The van der Waals surface area contributed by atoms with Crippen molar-refractivity contribution in [2.45, 2.75) is 13.8 Å². The average Bonchev–Trinajstić information content (AvgIpc) is 2.49. The van der Waals surface area contributed by atoms with Gasteiger partial charge in [0.15, 0.2) is 5.88 Å². The molecule has 1 aliphatic rings. The number of anilines is 1.